The van der Waals surface area contributed by atoms with E-state index in [1.807, 2.05) is 0 Å². The van der Waals surface area contributed by atoms with E-state index in [-0.39, 0.29) is 11.1 Å². The van der Waals surface area contributed by atoms with Gasteiger partial charge in [-0.05, 0) is 12.1 Å². The summed E-state index contributed by atoms with van der Waals surface area (Å²) >= 11 is 1.56. The van der Waals surface area contributed by atoms with Crippen molar-refractivity contribution < 1.29 is 28.3 Å². The summed E-state index contributed by atoms with van der Waals surface area (Å²) < 4.78 is 21.2. The maximum atomic E-state index is 12.8. The molecule has 0 N–H and O–H groups in total. The molecule has 1 amide bonds. The minimum absolute atomic E-state index is 0.0753. The largest absolute Gasteiger partial charge is 0.496 e. The number of thioether (sulfide) groups is 1. The number of nitro groups is 1. The van der Waals surface area contributed by atoms with E-state index in [4.69, 9.17) is 18.6 Å². The van der Waals surface area contributed by atoms with Crippen LogP contribution in [0.4, 0.5) is 5.88 Å². The molecule has 0 radical (unpaired) electrons. The first-order valence-electron chi connectivity index (χ1n) is 7.96. The van der Waals surface area contributed by atoms with Gasteiger partial charge in [0.25, 0.3) is 5.91 Å². The number of hydrogen-bond acceptors (Lipinski definition) is 8. The Morgan fingerprint density at radius 3 is 2.44 bits per heavy atom. The average molecular weight is 394 g/mol. The lowest BCUT2D eigenvalue weighted by Crippen LogP contribution is -2.30. The van der Waals surface area contributed by atoms with Crippen molar-refractivity contribution in [2.75, 3.05) is 33.6 Å². The Morgan fingerprint density at radius 2 is 1.85 bits per heavy atom. The zero-order valence-electron chi connectivity index (χ0n) is 15.0. The zero-order chi connectivity index (χ0) is 19.6. The van der Waals surface area contributed by atoms with Gasteiger partial charge in [0, 0.05) is 23.9 Å². The number of ether oxygens (including phenoxy) is 3. The third-order valence-electron chi connectivity index (χ3n) is 4.14. The van der Waals surface area contributed by atoms with Gasteiger partial charge in [-0.1, -0.05) is 0 Å². The molecular formula is C17H18N2O7S. The highest BCUT2D eigenvalue weighted by Crippen LogP contribution is 2.46. The first-order chi connectivity index (χ1) is 13.0. The summed E-state index contributed by atoms with van der Waals surface area (Å²) in [5, 5.41) is 10.4. The molecule has 0 aliphatic carbocycles. The predicted octanol–water partition coefficient (Wildman–Crippen LogP) is 3.10. The molecule has 27 heavy (non-hydrogen) atoms. The summed E-state index contributed by atoms with van der Waals surface area (Å²) in [5.41, 5.74) is 0.743. The SMILES string of the molecule is COc1cc(OC)c(C2SCCN2C(=O)c2ccc([N+](=O)[O-])o2)cc1OC. The van der Waals surface area contributed by atoms with Crippen molar-refractivity contribution in [3.05, 3.63) is 45.7 Å². The van der Waals surface area contributed by atoms with Crippen LogP contribution in [0.3, 0.4) is 0 Å². The Labute approximate surface area is 159 Å². The quantitative estimate of drug-likeness (QED) is 0.544. The molecule has 9 nitrogen and oxygen atoms in total. The highest BCUT2D eigenvalue weighted by molar-refractivity contribution is 7.99. The molecule has 1 aliphatic rings. The number of carbonyl (C=O) groups is 1. The molecular weight excluding hydrogens is 376 g/mol. The first kappa shape index (κ1) is 18.9. The Balaban J connectivity index is 1.96. The Hall–Kier alpha value is -2.88. The van der Waals surface area contributed by atoms with Gasteiger partial charge in [-0.25, -0.2) is 0 Å². The molecule has 10 heteroatoms. The lowest BCUT2D eigenvalue weighted by molar-refractivity contribution is -0.402. The van der Waals surface area contributed by atoms with Crippen molar-refractivity contribution in [2.24, 2.45) is 0 Å². The minimum Gasteiger partial charge on any atom is -0.496 e. The van der Waals surface area contributed by atoms with Crippen LogP contribution < -0.4 is 14.2 Å². The molecule has 1 saturated heterocycles. The van der Waals surface area contributed by atoms with Gasteiger partial charge in [-0.15, -0.1) is 11.8 Å². The van der Waals surface area contributed by atoms with Gasteiger partial charge in [0.2, 0.25) is 0 Å². The van der Waals surface area contributed by atoms with Crippen molar-refractivity contribution >= 4 is 23.6 Å². The normalized spacial score (nSPS) is 16.3. The standard InChI is InChI=1S/C17H18N2O7S/c1-23-12-9-14(25-3)13(24-2)8-10(12)17-18(6-7-27-17)16(20)11-4-5-15(26-11)19(21)22/h4-5,8-9,17H,6-7H2,1-3H3. The molecule has 2 heterocycles. The molecule has 1 aromatic carbocycles. The van der Waals surface area contributed by atoms with E-state index in [1.54, 1.807) is 28.8 Å². The van der Waals surface area contributed by atoms with Crippen LogP contribution in [0.15, 0.2) is 28.7 Å². The summed E-state index contributed by atoms with van der Waals surface area (Å²) in [4.78, 5) is 24.6. The summed E-state index contributed by atoms with van der Waals surface area (Å²) in [5.74, 6) is 1.32. The van der Waals surface area contributed by atoms with Gasteiger partial charge >= 0.3 is 5.88 Å². The summed E-state index contributed by atoms with van der Waals surface area (Å²) in [6, 6.07) is 5.95. The van der Waals surface area contributed by atoms with E-state index in [0.29, 0.717) is 29.5 Å². The van der Waals surface area contributed by atoms with Gasteiger partial charge in [0.1, 0.15) is 16.0 Å². The minimum atomic E-state index is -0.676. The summed E-state index contributed by atoms with van der Waals surface area (Å²) in [7, 11) is 4.59. The predicted molar refractivity (Wildman–Crippen MR) is 97.7 cm³/mol. The zero-order valence-corrected chi connectivity index (χ0v) is 15.8. The van der Waals surface area contributed by atoms with Crippen LogP contribution >= 0.6 is 11.8 Å². The number of benzene rings is 1. The second kappa shape index (κ2) is 7.78. The number of amides is 1. The Bertz CT molecular complexity index is 867. The second-order valence-electron chi connectivity index (χ2n) is 5.57. The van der Waals surface area contributed by atoms with Crippen molar-refractivity contribution in [3.63, 3.8) is 0 Å². The fourth-order valence-electron chi connectivity index (χ4n) is 2.86. The van der Waals surface area contributed by atoms with Crippen LogP contribution in [0.5, 0.6) is 17.2 Å². The average Bonchev–Trinajstić information content (AvgIpc) is 3.35. The molecule has 1 aromatic heterocycles. The van der Waals surface area contributed by atoms with Crippen LogP contribution in [0.1, 0.15) is 21.5 Å². The second-order valence-corrected chi connectivity index (χ2v) is 6.75. The maximum Gasteiger partial charge on any atom is 0.433 e. The van der Waals surface area contributed by atoms with Crippen LogP contribution in [-0.4, -0.2) is 49.4 Å². The lowest BCUT2D eigenvalue weighted by Gasteiger charge is -2.25. The molecule has 0 spiro atoms. The fraction of sp³-hybridized carbons (Fsp3) is 0.353. The highest BCUT2D eigenvalue weighted by Gasteiger charge is 2.35. The van der Waals surface area contributed by atoms with Crippen molar-refractivity contribution in [3.8, 4) is 17.2 Å². The number of methoxy groups -OCH3 is 3. The Morgan fingerprint density at radius 1 is 1.19 bits per heavy atom. The number of carbonyl (C=O) groups excluding carboxylic acids is 1. The molecule has 2 aromatic rings. The van der Waals surface area contributed by atoms with Crippen molar-refractivity contribution in [2.45, 2.75) is 5.37 Å². The third kappa shape index (κ3) is 3.52. The molecule has 3 rings (SSSR count). The molecule has 0 bridgehead atoms. The van der Waals surface area contributed by atoms with Gasteiger partial charge in [0.15, 0.2) is 17.3 Å². The molecule has 144 valence electrons. The maximum absolute atomic E-state index is 12.8. The highest BCUT2D eigenvalue weighted by atomic mass is 32.2. The number of rotatable bonds is 6. The Kier molecular flexibility index (Phi) is 5.45. The summed E-state index contributed by atoms with van der Waals surface area (Å²) in [6.07, 6.45) is 0. The smallest absolute Gasteiger partial charge is 0.433 e. The number of furan rings is 1. The van der Waals surface area contributed by atoms with Gasteiger partial charge in [-0.2, -0.15) is 0 Å². The van der Waals surface area contributed by atoms with E-state index in [0.717, 1.165) is 5.56 Å². The van der Waals surface area contributed by atoms with Crippen LogP contribution in [0.25, 0.3) is 0 Å². The van der Waals surface area contributed by atoms with Gasteiger partial charge < -0.3 is 23.5 Å². The lowest BCUT2D eigenvalue weighted by atomic mass is 10.1. The monoisotopic (exact) mass is 394 g/mol. The molecule has 1 fully saturated rings. The molecule has 1 aliphatic heterocycles. The van der Waals surface area contributed by atoms with Crippen molar-refractivity contribution in [1.29, 1.82) is 0 Å². The van der Waals surface area contributed by atoms with E-state index >= 15 is 0 Å². The number of nitrogens with zero attached hydrogens (tertiary/aromatic N) is 2. The van der Waals surface area contributed by atoms with E-state index in [2.05, 4.69) is 0 Å². The third-order valence-corrected chi connectivity index (χ3v) is 5.38. The van der Waals surface area contributed by atoms with E-state index < -0.39 is 16.7 Å². The summed E-state index contributed by atoms with van der Waals surface area (Å²) in [6.45, 7) is 0.472. The van der Waals surface area contributed by atoms with E-state index in [1.165, 1.54) is 33.5 Å². The van der Waals surface area contributed by atoms with Gasteiger partial charge in [-0.3, -0.25) is 14.9 Å². The van der Waals surface area contributed by atoms with Crippen LogP contribution in [0.2, 0.25) is 0 Å². The van der Waals surface area contributed by atoms with Gasteiger partial charge in [0.05, 0.1) is 27.4 Å². The van der Waals surface area contributed by atoms with Crippen LogP contribution in [0, 0.1) is 10.1 Å². The van der Waals surface area contributed by atoms with Crippen LogP contribution in [-0.2, 0) is 0 Å². The molecule has 0 saturated carbocycles. The number of hydrogen-bond donors (Lipinski definition) is 0. The topological polar surface area (TPSA) is 104 Å². The molecule has 1 unspecified atom stereocenters. The van der Waals surface area contributed by atoms with Crippen molar-refractivity contribution in [1.82, 2.24) is 4.90 Å². The first-order valence-corrected chi connectivity index (χ1v) is 9.01. The molecule has 1 atom stereocenters. The fourth-order valence-corrected chi connectivity index (χ4v) is 4.13. The van der Waals surface area contributed by atoms with E-state index in [9.17, 15) is 14.9 Å².